The highest BCUT2D eigenvalue weighted by molar-refractivity contribution is 5.18. The smallest absolute Gasteiger partial charge is 0.0830 e. The van der Waals surface area contributed by atoms with Gasteiger partial charge in [-0.25, -0.2) is 0 Å². The first-order valence-corrected chi connectivity index (χ1v) is 5.19. The predicted octanol–water partition coefficient (Wildman–Crippen LogP) is 1.67. The van der Waals surface area contributed by atoms with Crippen LogP contribution in [0, 0.1) is 5.92 Å². The van der Waals surface area contributed by atoms with Gasteiger partial charge in [0.25, 0.3) is 0 Å². The normalized spacial score (nSPS) is 25.1. The summed E-state index contributed by atoms with van der Waals surface area (Å²) in [5.41, 5.74) is 1.05. The Hall–Kier alpha value is -0.860. The summed E-state index contributed by atoms with van der Waals surface area (Å²) < 4.78 is 0. The van der Waals surface area contributed by atoms with Gasteiger partial charge in [-0.3, -0.25) is 0 Å². The number of likely N-dealkylation sites (tertiary alicyclic amines) is 1. The van der Waals surface area contributed by atoms with Crippen molar-refractivity contribution in [2.24, 2.45) is 5.92 Å². The van der Waals surface area contributed by atoms with Crippen molar-refractivity contribution in [3.8, 4) is 0 Å². The molecular formula is C12H17NO. The molecule has 0 spiro atoms. The van der Waals surface area contributed by atoms with Crippen molar-refractivity contribution in [1.29, 1.82) is 0 Å². The second-order valence-electron chi connectivity index (χ2n) is 4.17. The summed E-state index contributed by atoms with van der Waals surface area (Å²) in [5, 5.41) is 10.1. The summed E-state index contributed by atoms with van der Waals surface area (Å²) in [6.07, 6.45) is 0.813. The van der Waals surface area contributed by atoms with Crippen molar-refractivity contribution in [3.05, 3.63) is 35.9 Å². The number of hydrogen-bond donors (Lipinski definition) is 1. The number of rotatable bonds is 2. The van der Waals surface area contributed by atoms with E-state index >= 15 is 0 Å². The summed E-state index contributed by atoms with van der Waals surface area (Å²) >= 11 is 0. The van der Waals surface area contributed by atoms with E-state index in [1.54, 1.807) is 0 Å². The molecule has 0 amide bonds. The molecular weight excluding hydrogens is 174 g/mol. The van der Waals surface area contributed by atoms with Gasteiger partial charge in [0.15, 0.2) is 0 Å². The van der Waals surface area contributed by atoms with Crippen molar-refractivity contribution >= 4 is 0 Å². The molecule has 1 N–H and O–H groups in total. The van der Waals surface area contributed by atoms with Gasteiger partial charge >= 0.3 is 0 Å². The maximum Gasteiger partial charge on any atom is 0.0830 e. The van der Waals surface area contributed by atoms with Gasteiger partial charge in [-0.2, -0.15) is 0 Å². The molecule has 1 aliphatic rings. The van der Waals surface area contributed by atoms with Gasteiger partial charge in [-0.1, -0.05) is 30.3 Å². The van der Waals surface area contributed by atoms with Gasteiger partial charge in [-0.05, 0) is 25.6 Å². The van der Waals surface area contributed by atoms with Gasteiger partial charge < -0.3 is 10.0 Å². The van der Waals surface area contributed by atoms with Gasteiger partial charge in [0.2, 0.25) is 0 Å². The summed E-state index contributed by atoms with van der Waals surface area (Å²) in [6, 6.07) is 9.96. The zero-order valence-electron chi connectivity index (χ0n) is 8.56. The third-order valence-electron chi connectivity index (χ3n) is 3.02. The zero-order chi connectivity index (χ0) is 9.97. The van der Waals surface area contributed by atoms with E-state index in [4.69, 9.17) is 0 Å². The van der Waals surface area contributed by atoms with E-state index in [1.807, 2.05) is 30.3 Å². The molecule has 14 heavy (non-hydrogen) atoms. The van der Waals surface area contributed by atoms with Crippen LogP contribution in [0.2, 0.25) is 0 Å². The van der Waals surface area contributed by atoms with Crippen LogP contribution in [0.3, 0.4) is 0 Å². The molecule has 0 aliphatic carbocycles. The molecule has 0 bridgehead atoms. The van der Waals surface area contributed by atoms with E-state index in [2.05, 4.69) is 11.9 Å². The highest BCUT2D eigenvalue weighted by Gasteiger charge is 2.26. The van der Waals surface area contributed by atoms with Gasteiger partial charge in [0.05, 0.1) is 6.10 Å². The molecule has 1 aromatic carbocycles. The van der Waals surface area contributed by atoms with Gasteiger partial charge in [0.1, 0.15) is 0 Å². The molecule has 0 saturated carbocycles. The average molecular weight is 191 g/mol. The molecule has 2 heteroatoms. The Morgan fingerprint density at radius 1 is 1.36 bits per heavy atom. The lowest BCUT2D eigenvalue weighted by molar-refractivity contribution is 0.113. The van der Waals surface area contributed by atoms with E-state index < -0.39 is 0 Å². The van der Waals surface area contributed by atoms with E-state index in [-0.39, 0.29) is 6.10 Å². The third kappa shape index (κ3) is 1.97. The molecule has 0 aromatic heterocycles. The van der Waals surface area contributed by atoms with Crippen molar-refractivity contribution < 1.29 is 5.11 Å². The van der Waals surface area contributed by atoms with Crippen LogP contribution in [0.5, 0.6) is 0 Å². The molecule has 2 atom stereocenters. The van der Waals surface area contributed by atoms with Crippen molar-refractivity contribution in [2.45, 2.75) is 12.5 Å². The third-order valence-corrected chi connectivity index (χ3v) is 3.02. The predicted molar refractivity (Wildman–Crippen MR) is 57.0 cm³/mol. The average Bonchev–Trinajstić information content (AvgIpc) is 2.65. The van der Waals surface area contributed by atoms with Gasteiger partial charge in [-0.15, -0.1) is 0 Å². The Bertz CT molecular complexity index is 286. The maximum absolute atomic E-state index is 10.1. The summed E-state index contributed by atoms with van der Waals surface area (Å²) in [5.74, 6) is 0.405. The second kappa shape index (κ2) is 4.11. The van der Waals surface area contributed by atoms with Crippen LogP contribution in [0.15, 0.2) is 30.3 Å². The molecule has 0 radical (unpaired) electrons. The van der Waals surface area contributed by atoms with Crippen molar-refractivity contribution in [3.63, 3.8) is 0 Å². The number of nitrogens with zero attached hydrogens (tertiary/aromatic N) is 1. The summed E-state index contributed by atoms with van der Waals surface area (Å²) in [7, 11) is 2.11. The first kappa shape index (κ1) is 9.69. The van der Waals surface area contributed by atoms with Gasteiger partial charge in [0, 0.05) is 12.5 Å². The second-order valence-corrected chi connectivity index (χ2v) is 4.17. The van der Waals surface area contributed by atoms with Crippen LogP contribution in [0.4, 0.5) is 0 Å². The lowest BCUT2D eigenvalue weighted by Crippen LogP contribution is -2.18. The minimum absolute atomic E-state index is 0.291. The quantitative estimate of drug-likeness (QED) is 0.768. The largest absolute Gasteiger partial charge is 0.388 e. The van der Waals surface area contributed by atoms with E-state index in [0.29, 0.717) is 5.92 Å². The molecule has 1 heterocycles. The summed E-state index contributed by atoms with van der Waals surface area (Å²) in [4.78, 5) is 2.27. The molecule has 2 nitrogen and oxygen atoms in total. The Balaban J connectivity index is 2.05. The number of hydrogen-bond acceptors (Lipinski definition) is 2. The molecule has 1 aromatic rings. The number of benzene rings is 1. The first-order chi connectivity index (χ1) is 6.77. The highest BCUT2D eigenvalue weighted by atomic mass is 16.3. The van der Waals surface area contributed by atoms with E-state index in [1.165, 1.54) is 0 Å². The molecule has 0 unspecified atom stereocenters. The number of aliphatic hydroxyl groups is 1. The topological polar surface area (TPSA) is 23.5 Å². The number of aliphatic hydroxyl groups excluding tert-OH is 1. The lowest BCUT2D eigenvalue weighted by atomic mass is 9.95. The molecule has 1 saturated heterocycles. The van der Waals surface area contributed by atoms with Crippen LogP contribution in [-0.2, 0) is 0 Å². The van der Waals surface area contributed by atoms with Crippen LogP contribution in [0.1, 0.15) is 18.1 Å². The zero-order valence-corrected chi connectivity index (χ0v) is 8.56. The fourth-order valence-electron chi connectivity index (χ4n) is 2.15. The van der Waals surface area contributed by atoms with Crippen LogP contribution >= 0.6 is 0 Å². The maximum atomic E-state index is 10.1. The monoisotopic (exact) mass is 191 g/mol. The lowest BCUT2D eigenvalue weighted by Gasteiger charge is -2.18. The fraction of sp³-hybridized carbons (Fsp3) is 0.500. The van der Waals surface area contributed by atoms with Crippen LogP contribution in [0.25, 0.3) is 0 Å². The van der Waals surface area contributed by atoms with E-state index in [9.17, 15) is 5.11 Å². The molecule has 1 aliphatic heterocycles. The van der Waals surface area contributed by atoms with Crippen molar-refractivity contribution in [2.75, 3.05) is 20.1 Å². The standard InChI is InChI=1S/C12H17NO/c1-13-8-7-11(9-13)12(14)10-5-3-2-4-6-10/h2-6,11-12,14H,7-9H2,1H3/t11-,12+/m1/s1. The SMILES string of the molecule is CN1CC[C@@H]([C@@H](O)c2ccccc2)C1. The minimum Gasteiger partial charge on any atom is -0.388 e. The molecule has 1 fully saturated rings. The Morgan fingerprint density at radius 3 is 2.64 bits per heavy atom. The first-order valence-electron chi connectivity index (χ1n) is 5.19. The Kier molecular flexibility index (Phi) is 2.85. The Morgan fingerprint density at radius 2 is 2.07 bits per heavy atom. The van der Waals surface area contributed by atoms with Crippen molar-refractivity contribution in [1.82, 2.24) is 4.90 Å². The van der Waals surface area contributed by atoms with Crippen LogP contribution < -0.4 is 0 Å². The highest BCUT2D eigenvalue weighted by Crippen LogP contribution is 2.28. The molecule has 76 valence electrons. The summed E-state index contributed by atoms with van der Waals surface area (Å²) in [6.45, 7) is 2.12. The minimum atomic E-state index is -0.291. The molecule has 2 rings (SSSR count). The van der Waals surface area contributed by atoms with E-state index in [0.717, 1.165) is 25.1 Å². The Labute approximate surface area is 85.2 Å². The van der Waals surface area contributed by atoms with Crippen LogP contribution in [-0.4, -0.2) is 30.1 Å². The fourth-order valence-corrected chi connectivity index (χ4v) is 2.15.